The first-order valence-corrected chi connectivity index (χ1v) is 6.40. The predicted molar refractivity (Wildman–Crippen MR) is 76.1 cm³/mol. The van der Waals surface area contributed by atoms with Gasteiger partial charge in [-0.3, -0.25) is 4.79 Å². The highest BCUT2D eigenvalue weighted by Gasteiger charge is 2.20. The number of rotatable bonds is 2. The highest BCUT2D eigenvalue weighted by Crippen LogP contribution is 2.39. The van der Waals surface area contributed by atoms with Crippen molar-refractivity contribution in [3.8, 4) is 28.7 Å². The van der Waals surface area contributed by atoms with Gasteiger partial charge >= 0.3 is 0 Å². The summed E-state index contributed by atoms with van der Waals surface area (Å²) in [7, 11) is 1.57. The molecule has 0 fully saturated rings. The van der Waals surface area contributed by atoms with Crippen molar-refractivity contribution in [1.82, 2.24) is 5.32 Å². The Morgan fingerprint density at radius 2 is 1.90 bits per heavy atom. The summed E-state index contributed by atoms with van der Waals surface area (Å²) in [5, 5.41) is 12.0. The van der Waals surface area contributed by atoms with Gasteiger partial charge in [0.2, 0.25) is 6.79 Å². The third kappa shape index (κ3) is 2.17. The first-order valence-electron chi connectivity index (χ1n) is 6.40. The Morgan fingerprint density at radius 1 is 1.19 bits per heavy atom. The molecule has 0 unspecified atom stereocenters. The summed E-state index contributed by atoms with van der Waals surface area (Å²) in [5.41, 5.74) is 2.29. The lowest BCUT2D eigenvalue weighted by Gasteiger charge is -2.11. The molecule has 1 heterocycles. The average Bonchev–Trinajstić information content (AvgIpc) is 3.00. The van der Waals surface area contributed by atoms with Crippen LogP contribution in [0.25, 0.3) is 11.1 Å². The molecule has 5 nitrogen and oxygen atoms in total. The second-order valence-electron chi connectivity index (χ2n) is 4.49. The maximum absolute atomic E-state index is 12.0. The van der Waals surface area contributed by atoms with Crippen LogP contribution < -0.4 is 14.8 Å². The van der Waals surface area contributed by atoms with Crippen LogP contribution in [0.1, 0.15) is 15.9 Å². The van der Waals surface area contributed by atoms with Gasteiger partial charge in [0.05, 0.1) is 11.6 Å². The Hall–Kier alpha value is -3.00. The molecule has 2 aromatic rings. The van der Waals surface area contributed by atoms with Crippen LogP contribution in [0.2, 0.25) is 0 Å². The molecule has 0 aliphatic carbocycles. The maximum Gasteiger partial charge on any atom is 0.251 e. The molecule has 0 atom stereocenters. The normalized spacial score (nSPS) is 11.8. The van der Waals surface area contributed by atoms with Crippen molar-refractivity contribution in [1.29, 1.82) is 5.26 Å². The molecule has 5 heteroatoms. The van der Waals surface area contributed by atoms with E-state index in [0.29, 0.717) is 33.8 Å². The topological polar surface area (TPSA) is 71.4 Å². The van der Waals surface area contributed by atoms with Gasteiger partial charge in [0.25, 0.3) is 5.91 Å². The van der Waals surface area contributed by atoms with E-state index >= 15 is 0 Å². The molecule has 1 N–H and O–H groups in total. The summed E-state index contributed by atoms with van der Waals surface area (Å²) in [4.78, 5) is 12.0. The predicted octanol–water partition coefficient (Wildman–Crippen LogP) is 2.31. The second kappa shape index (κ2) is 5.17. The second-order valence-corrected chi connectivity index (χ2v) is 4.49. The van der Waals surface area contributed by atoms with E-state index in [1.807, 2.05) is 12.1 Å². The number of ether oxygens (including phenoxy) is 2. The molecular weight excluding hydrogens is 268 g/mol. The van der Waals surface area contributed by atoms with Gasteiger partial charge in [-0.05, 0) is 17.7 Å². The SMILES string of the molecule is CNC(=O)c1ccccc1-c1cc2c(cc1C#N)OCO2. The quantitative estimate of drug-likeness (QED) is 0.916. The lowest BCUT2D eigenvalue weighted by molar-refractivity contribution is 0.0963. The monoisotopic (exact) mass is 280 g/mol. The van der Waals surface area contributed by atoms with Gasteiger partial charge in [0.15, 0.2) is 11.5 Å². The van der Waals surface area contributed by atoms with Crippen LogP contribution in [0.15, 0.2) is 36.4 Å². The number of benzene rings is 2. The number of carbonyl (C=O) groups is 1. The van der Waals surface area contributed by atoms with E-state index in [2.05, 4.69) is 11.4 Å². The van der Waals surface area contributed by atoms with Crippen LogP contribution >= 0.6 is 0 Å². The van der Waals surface area contributed by atoms with E-state index in [1.54, 1.807) is 31.3 Å². The van der Waals surface area contributed by atoms with Crippen molar-refractivity contribution in [2.75, 3.05) is 13.8 Å². The van der Waals surface area contributed by atoms with Crippen LogP contribution in [0.5, 0.6) is 11.5 Å². The molecule has 0 radical (unpaired) electrons. The van der Waals surface area contributed by atoms with E-state index in [9.17, 15) is 10.1 Å². The molecular formula is C16H12N2O3. The number of fused-ring (bicyclic) bond motifs is 1. The fraction of sp³-hybridized carbons (Fsp3) is 0.125. The number of nitriles is 1. The lowest BCUT2D eigenvalue weighted by Crippen LogP contribution is -2.18. The largest absolute Gasteiger partial charge is 0.454 e. The molecule has 0 aromatic heterocycles. The van der Waals surface area contributed by atoms with Crippen LogP contribution in [-0.2, 0) is 0 Å². The highest BCUT2D eigenvalue weighted by atomic mass is 16.7. The van der Waals surface area contributed by atoms with Crippen molar-refractivity contribution >= 4 is 5.91 Å². The Balaban J connectivity index is 2.22. The van der Waals surface area contributed by atoms with Gasteiger partial charge in [-0.15, -0.1) is 0 Å². The van der Waals surface area contributed by atoms with Gasteiger partial charge in [-0.1, -0.05) is 18.2 Å². The van der Waals surface area contributed by atoms with Gasteiger partial charge in [-0.25, -0.2) is 0 Å². The van der Waals surface area contributed by atoms with Crippen molar-refractivity contribution in [3.05, 3.63) is 47.5 Å². The van der Waals surface area contributed by atoms with Crippen molar-refractivity contribution in [2.45, 2.75) is 0 Å². The highest BCUT2D eigenvalue weighted by molar-refractivity contribution is 6.01. The van der Waals surface area contributed by atoms with Gasteiger partial charge < -0.3 is 14.8 Å². The number of hydrogen-bond acceptors (Lipinski definition) is 4. The third-order valence-electron chi connectivity index (χ3n) is 3.32. The van der Waals surface area contributed by atoms with E-state index in [1.165, 1.54) is 0 Å². The Morgan fingerprint density at radius 3 is 2.62 bits per heavy atom. The number of hydrogen-bond donors (Lipinski definition) is 1. The zero-order chi connectivity index (χ0) is 14.8. The first kappa shape index (κ1) is 13.0. The Labute approximate surface area is 121 Å². The van der Waals surface area contributed by atoms with E-state index in [4.69, 9.17) is 9.47 Å². The van der Waals surface area contributed by atoms with Gasteiger partial charge in [0.1, 0.15) is 0 Å². The summed E-state index contributed by atoms with van der Waals surface area (Å²) < 4.78 is 10.6. The molecule has 21 heavy (non-hydrogen) atoms. The zero-order valence-corrected chi connectivity index (χ0v) is 11.3. The first-order chi connectivity index (χ1) is 10.2. The Kier molecular flexibility index (Phi) is 3.20. The van der Waals surface area contributed by atoms with Gasteiger partial charge in [0, 0.05) is 24.2 Å². The lowest BCUT2D eigenvalue weighted by atomic mass is 9.95. The molecule has 0 spiro atoms. The minimum absolute atomic E-state index is 0.140. The standard InChI is InChI=1S/C16H12N2O3/c1-18-16(19)12-5-3-2-4-11(12)13-7-15-14(20-9-21-15)6-10(13)8-17/h2-7H,9H2,1H3,(H,18,19). The summed E-state index contributed by atoms with van der Waals surface area (Å²) in [6, 6.07) is 12.7. The van der Waals surface area contributed by atoms with Crippen molar-refractivity contribution in [3.63, 3.8) is 0 Å². The van der Waals surface area contributed by atoms with E-state index in [-0.39, 0.29) is 12.7 Å². The zero-order valence-electron chi connectivity index (χ0n) is 11.3. The number of nitrogens with one attached hydrogen (secondary N) is 1. The molecule has 0 bridgehead atoms. The van der Waals surface area contributed by atoms with Gasteiger partial charge in [-0.2, -0.15) is 5.26 Å². The van der Waals surface area contributed by atoms with Crippen molar-refractivity contribution in [2.24, 2.45) is 0 Å². The number of nitrogens with zero attached hydrogens (tertiary/aromatic N) is 1. The van der Waals surface area contributed by atoms with Crippen molar-refractivity contribution < 1.29 is 14.3 Å². The molecule has 0 saturated heterocycles. The average molecular weight is 280 g/mol. The third-order valence-corrected chi connectivity index (χ3v) is 3.32. The maximum atomic E-state index is 12.0. The van der Waals surface area contributed by atoms with Crippen LogP contribution in [-0.4, -0.2) is 19.7 Å². The number of amides is 1. The fourth-order valence-corrected chi connectivity index (χ4v) is 2.31. The summed E-state index contributed by atoms with van der Waals surface area (Å²) in [5.74, 6) is 0.926. The summed E-state index contributed by atoms with van der Waals surface area (Å²) in [6.07, 6.45) is 0. The molecule has 0 saturated carbocycles. The Bertz CT molecular complexity index is 763. The molecule has 104 valence electrons. The number of carbonyl (C=O) groups excluding carboxylic acids is 1. The molecule has 1 aliphatic rings. The minimum Gasteiger partial charge on any atom is -0.454 e. The summed E-state index contributed by atoms with van der Waals surface area (Å²) in [6.45, 7) is 0.140. The van der Waals surface area contributed by atoms with E-state index < -0.39 is 0 Å². The molecule has 2 aromatic carbocycles. The minimum atomic E-state index is -0.202. The van der Waals surface area contributed by atoms with Crippen LogP contribution in [0.4, 0.5) is 0 Å². The smallest absolute Gasteiger partial charge is 0.251 e. The summed E-state index contributed by atoms with van der Waals surface area (Å²) >= 11 is 0. The molecule has 1 amide bonds. The molecule has 3 rings (SSSR count). The molecule has 1 aliphatic heterocycles. The van der Waals surface area contributed by atoms with Crippen LogP contribution in [0.3, 0.4) is 0 Å². The van der Waals surface area contributed by atoms with E-state index in [0.717, 1.165) is 0 Å². The fourth-order valence-electron chi connectivity index (χ4n) is 2.31. The van der Waals surface area contributed by atoms with Crippen LogP contribution in [0, 0.1) is 11.3 Å².